The summed E-state index contributed by atoms with van der Waals surface area (Å²) in [6, 6.07) is 16.1. The molecule has 0 spiro atoms. The highest BCUT2D eigenvalue weighted by Crippen LogP contribution is 2.47. The van der Waals surface area contributed by atoms with Crippen molar-refractivity contribution in [2.75, 3.05) is 0 Å². The summed E-state index contributed by atoms with van der Waals surface area (Å²) in [7, 11) is 0. The van der Waals surface area contributed by atoms with Crippen molar-refractivity contribution in [2.45, 2.75) is 30.9 Å². The predicted molar refractivity (Wildman–Crippen MR) is 108 cm³/mol. The Labute approximate surface area is 164 Å². The van der Waals surface area contributed by atoms with Crippen molar-refractivity contribution < 1.29 is 13.2 Å². The second-order valence-electron chi connectivity index (χ2n) is 6.81. The zero-order valence-corrected chi connectivity index (χ0v) is 15.5. The molecule has 2 aromatic rings. The molecule has 2 aromatic carbocycles. The third kappa shape index (κ3) is 4.28. The number of rotatable bonds is 4. The lowest BCUT2D eigenvalue weighted by Crippen LogP contribution is -2.41. The Kier molecular flexibility index (Phi) is 5.90. The predicted octanol–water partition coefficient (Wildman–Crippen LogP) is 6.54. The van der Waals surface area contributed by atoms with Gasteiger partial charge in [0, 0.05) is 11.1 Å². The molecule has 1 aliphatic carbocycles. The summed E-state index contributed by atoms with van der Waals surface area (Å²) in [5, 5.41) is 0. The second kappa shape index (κ2) is 8.35. The van der Waals surface area contributed by atoms with Crippen LogP contribution in [0.1, 0.15) is 29.5 Å². The number of benzene rings is 2. The molecule has 3 rings (SSSR count). The summed E-state index contributed by atoms with van der Waals surface area (Å²) in [5.41, 5.74) is 0.684. The zero-order chi connectivity index (χ0) is 20.0. The van der Waals surface area contributed by atoms with E-state index in [9.17, 15) is 13.2 Å². The lowest BCUT2D eigenvalue weighted by Gasteiger charge is -2.34. The molecule has 28 heavy (non-hydrogen) atoms. The summed E-state index contributed by atoms with van der Waals surface area (Å²) in [6.45, 7) is 3.68. The fourth-order valence-corrected chi connectivity index (χ4v) is 3.22. The van der Waals surface area contributed by atoms with E-state index in [4.69, 9.17) is 0 Å². The van der Waals surface area contributed by atoms with Crippen LogP contribution in [0.15, 0.2) is 91.1 Å². The number of aryl methyl sites for hydroxylation is 1. The van der Waals surface area contributed by atoms with Crippen molar-refractivity contribution in [1.29, 1.82) is 0 Å². The molecule has 1 aliphatic rings. The van der Waals surface area contributed by atoms with Crippen LogP contribution >= 0.6 is 0 Å². The molecule has 0 N–H and O–H groups in total. The third-order valence-electron chi connectivity index (χ3n) is 4.93. The van der Waals surface area contributed by atoms with E-state index >= 15 is 0 Å². The smallest absolute Gasteiger partial charge is 0.170 e. The first kappa shape index (κ1) is 19.8. The number of alkyl halides is 3. The van der Waals surface area contributed by atoms with Gasteiger partial charge in [0.2, 0.25) is 0 Å². The molecule has 1 unspecified atom stereocenters. The van der Waals surface area contributed by atoms with Gasteiger partial charge < -0.3 is 0 Å². The Balaban J connectivity index is 1.85. The molecule has 0 radical (unpaired) electrons. The molecular weight excluding hydrogens is 357 g/mol. The zero-order valence-electron chi connectivity index (χ0n) is 15.5. The number of hydrogen-bond acceptors (Lipinski definition) is 0. The highest BCUT2D eigenvalue weighted by Gasteiger charge is 2.54. The van der Waals surface area contributed by atoms with E-state index in [0.29, 0.717) is 5.57 Å². The highest BCUT2D eigenvalue weighted by molar-refractivity contribution is 5.50. The van der Waals surface area contributed by atoms with E-state index in [0.717, 1.165) is 24.0 Å². The minimum absolute atomic E-state index is 0.155. The van der Waals surface area contributed by atoms with Crippen LogP contribution in [-0.2, 0) is 11.8 Å². The molecule has 142 valence electrons. The fraction of sp³-hybridized carbons (Fsp3) is 0.200. The summed E-state index contributed by atoms with van der Waals surface area (Å²) >= 11 is 0. The number of halogens is 3. The first-order valence-electron chi connectivity index (χ1n) is 9.18. The Morgan fingerprint density at radius 3 is 2.29 bits per heavy atom. The van der Waals surface area contributed by atoms with Crippen LogP contribution in [-0.4, -0.2) is 6.18 Å². The highest BCUT2D eigenvalue weighted by atomic mass is 19.4. The lowest BCUT2D eigenvalue weighted by atomic mass is 9.73. The summed E-state index contributed by atoms with van der Waals surface area (Å²) in [4.78, 5) is 0. The second-order valence-corrected chi connectivity index (χ2v) is 6.81. The Morgan fingerprint density at radius 2 is 1.71 bits per heavy atom. The van der Waals surface area contributed by atoms with E-state index in [1.165, 1.54) is 12.2 Å². The third-order valence-corrected chi connectivity index (χ3v) is 4.93. The molecule has 0 nitrogen and oxygen atoms in total. The first-order valence-corrected chi connectivity index (χ1v) is 9.18. The van der Waals surface area contributed by atoms with Crippen LogP contribution in [0.5, 0.6) is 0 Å². The monoisotopic (exact) mass is 378 g/mol. The maximum absolute atomic E-state index is 14.0. The molecule has 0 fully saturated rings. The fourth-order valence-electron chi connectivity index (χ4n) is 3.22. The average Bonchev–Trinajstić information content (AvgIpc) is 2.71. The molecule has 0 saturated carbocycles. The minimum atomic E-state index is -4.39. The van der Waals surface area contributed by atoms with Crippen molar-refractivity contribution in [3.63, 3.8) is 0 Å². The van der Waals surface area contributed by atoms with Crippen molar-refractivity contribution in [3.05, 3.63) is 108 Å². The maximum Gasteiger partial charge on any atom is 0.402 e. The van der Waals surface area contributed by atoms with E-state index in [2.05, 4.69) is 18.4 Å². The van der Waals surface area contributed by atoms with Crippen LogP contribution in [0.25, 0.3) is 0 Å². The molecule has 1 atom stereocenters. The number of allylic oxidation sites excluding steroid dienone is 5. The Bertz CT molecular complexity index is 935. The normalized spacial score (nSPS) is 18.8. The van der Waals surface area contributed by atoms with Crippen molar-refractivity contribution in [3.8, 4) is 11.8 Å². The van der Waals surface area contributed by atoms with Gasteiger partial charge >= 0.3 is 6.18 Å². The van der Waals surface area contributed by atoms with Gasteiger partial charge in [0.1, 0.15) is 5.41 Å². The van der Waals surface area contributed by atoms with Gasteiger partial charge in [-0.05, 0) is 48.6 Å². The van der Waals surface area contributed by atoms with Gasteiger partial charge in [-0.2, -0.15) is 13.2 Å². The molecule has 0 saturated heterocycles. The van der Waals surface area contributed by atoms with Gasteiger partial charge in [0.25, 0.3) is 0 Å². The van der Waals surface area contributed by atoms with Gasteiger partial charge in [0.15, 0.2) is 0 Å². The van der Waals surface area contributed by atoms with E-state index < -0.39 is 11.6 Å². The molecule has 0 bridgehead atoms. The van der Waals surface area contributed by atoms with E-state index in [1.54, 1.807) is 36.4 Å². The van der Waals surface area contributed by atoms with Crippen LogP contribution in [0.4, 0.5) is 13.2 Å². The Morgan fingerprint density at radius 1 is 1.00 bits per heavy atom. The minimum Gasteiger partial charge on any atom is -0.170 e. The van der Waals surface area contributed by atoms with Crippen molar-refractivity contribution in [1.82, 2.24) is 0 Å². The van der Waals surface area contributed by atoms with Crippen LogP contribution in [0, 0.1) is 11.8 Å². The van der Waals surface area contributed by atoms with Gasteiger partial charge in [-0.15, -0.1) is 6.58 Å². The van der Waals surface area contributed by atoms with E-state index in [-0.39, 0.29) is 12.0 Å². The van der Waals surface area contributed by atoms with Gasteiger partial charge in [-0.25, -0.2) is 0 Å². The first-order chi connectivity index (χ1) is 13.4. The van der Waals surface area contributed by atoms with Gasteiger partial charge in [-0.3, -0.25) is 0 Å². The largest absolute Gasteiger partial charge is 0.402 e. The number of hydrogen-bond donors (Lipinski definition) is 0. The van der Waals surface area contributed by atoms with E-state index in [1.807, 2.05) is 30.3 Å². The van der Waals surface area contributed by atoms with Gasteiger partial charge in [-0.1, -0.05) is 72.5 Å². The molecular formula is C25H21F3. The lowest BCUT2D eigenvalue weighted by molar-refractivity contribution is -0.175. The van der Waals surface area contributed by atoms with Crippen LogP contribution < -0.4 is 0 Å². The average molecular weight is 378 g/mol. The Hall–Kier alpha value is -2.99. The molecule has 0 heterocycles. The summed E-state index contributed by atoms with van der Waals surface area (Å²) in [5.74, 6) is 5.95. The molecule has 0 aliphatic heterocycles. The maximum atomic E-state index is 14.0. The van der Waals surface area contributed by atoms with Crippen LogP contribution in [0.3, 0.4) is 0 Å². The quantitative estimate of drug-likeness (QED) is 0.418. The topological polar surface area (TPSA) is 0 Å². The van der Waals surface area contributed by atoms with Crippen LogP contribution in [0.2, 0.25) is 0 Å². The standard InChI is InChI=1S/C25H21F3/c1-2-3-7-21-12-14-23(15-13-21)24(25(26,27)28)18-16-22(17-19-24)11-10-20-8-5-4-6-9-20/h2,4-6,8-9,12-18H,1,3,7,19H2. The molecule has 0 aromatic heterocycles. The summed E-state index contributed by atoms with van der Waals surface area (Å²) < 4.78 is 42.1. The van der Waals surface area contributed by atoms with Crippen molar-refractivity contribution in [2.24, 2.45) is 0 Å². The molecule has 0 amide bonds. The SMILES string of the molecule is C=CCCc1ccc(C2(C(F)(F)F)C=CC(C#Cc3ccccc3)=CC2)cc1. The summed E-state index contributed by atoms with van der Waals surface area (Å²) in [6.07, 6.45) is 3.15. The van der Waals surface area contributed by atoms with Gasteiger partial charge in [0.05, 0.1) is 0 Å². The van der Waals surface area contributed by atoms with Crippen molar-refractivity contribution >= 4 is 0 Å². The molecule has 3 heteroatoms.